The molecule has 11 heteroatoms. The van der Waals surface area contributed by atoms with Crippen molar-refractivity contribution in [1.82, 2.24) is 14.8 Å². The number of benzene rings is 1. The van der Waals surface area contributed by atoms with Gasteiger partial charge in [0.15, 0.2) is 5.82 Å². The minimum atomic E-state index is -4.49. The molecule has 30 heavy (non-hydrogen) atoms. The number of aromatic nitrogens is 3. The van der Waals surface area contributed by atoms with E-state index in [2.05, 4.69) is 20.7 Å². The molecule has 0 aliphatic rings. The highest BCUT2D eigenvalue weighted by Gasteiger charge is 2.30. The number of amides is 2. The van der Waals surface area contributed by atoms with E-state index in [0.717, 1.165) is 6.07 Å². The molecular formula is C19H15ClF3N5O2. The zero-order valence-electron chi connectivity index (χ0n) is 15.7. The Morgan fingerprint density at radius 3 is 2.40 bits per heavy atom. The van der Waals surface area contributed by atoms with Crippen molar-refractivity contribution in [1.29, 1.82) is 0 Å². The van der Waals surface area contributed by atoms with E-state index >= 15 is 0 Å². The number of alkyl halides is 3. The Bertz CT molecular complexity index is 1110. The van der Waals surface area contributed by atoms with Crippen LogP contribution in [0.15, 0.2) is 42.7 Å². The predicted molar refractivity (Wildman–Crippen MR) is 105 cm³/mol. The molecule has 2 N–H and O–H groups in total. The summed E-state index contributed by atoms with van der Waals surface area (Å²) >= 11 is 6.09. The summed E-state index contributed by atoms with van der Waals surface area (Å²) in [6.45, 7) is 2.94. The first-order valence-electron chi connectivity index (χ1n) is 8.53. The van der Waals surface area contributed by atoms with Crippen LogP contribution in [0.4, 0.5) is 24.5 Å². The van der Waals surface area contributed by atoms with Gasteiger partial charge in [-0.15, -0.1) is 0 Å². The van der Waals surface area contributed by atoms with Crippen LogP contribution in [-0.2, 0) is 11.0 Å². The summed E-state index contributed by atoms with van der Waals surface area (Å²) in [7, 11) is 0. The molecule has 2 amide bonds. The summed E-state index contributed by atoms with van der Waals surface area (Å²) in [6.07, 6.45) is -2.50. The smallest absolute Gasteiger partial charge is 0.325 e. The zero-order chi connectivity index (χ0) is 22.1. The van der Waals surface area contributed by atoms with E-state index < -0.39 is 17.6 Å². The molecule has 0 saturated heterocycles. The van der Waals surface area contributed by atoms with Crippen molar-refractivity contribution in [2.24, 2.45) is 0 Å². The Labute approximate surface area is 173 Å². The van der Waals surface area contributed by atoms with Gasteiger partial charge in [-0.25, -0.2) is 9.67 Å². The molecule has 0 spiro atoms. The Kier molecular flexibility index (Phi) is 5.79. The second-order valence-corrected chi connectivity index (χ2v) is 6.70. The molecule has 156 valence electrons. The number of nitrogens with one attached hydrogen (secondary N) is 2. The third-order valence-corrected chi connectivity index (χ3v) is 4.40. The van der Waals surface area contributed by atoms with E-state index in [1.165, 1.54) is 29.9 Å². The van der Waals surface area contributed by atoms with Gasteiger partial charge >= 0.3 is 6.18 Å². The van der Waals surface area contributed by atoms with Gasteiger partial charge in [0.25, 0.3) is 5.91 Å². The van der Waals surface area contributed by atoms with Crippen molar-refractivity contribution in [3.05, 3.63) is 64.6 Å². The molecule has 0 unspecified atom stereocenters. The Balaban J connectivity index is 1.79. The third-order valence-electron chi connectivity index (χ3n) is 4.08. The topological polar surface area (TPSA) is 88.9 Å². The largest absolute Gasteiger partial charge is 0.417 e. The summed E-state index contributed by atoms with van der Waals surface area (Å²) < 4.78 is 39.3. The first-order valence-corrected chi connectivity index (χ1v) is 8.91. The number of hydrogen-bond donors (Lipinski definition) is 2. The lowest BCUT2D eigenvalue weighted by atomic mass is 10.2. The molecular weight excluding hydrogens is 423 g/mol. The molecule has 1 aromatic carbocycles. The Morgan fingerprint density at radius 1 is 1.10 bits per heavy atom. The van der Waals surface area contributed by atoms with Gasteiger partial charge in [-0.2, -0.15) is 18.3 Å². The summed E-state index contributed by atoms with van der Waals surface area (Å²) in [5.74, 6) is -0.634. The maximum Gasteiger partial charge on any atom is 0.417 e. The van der Waals surface area contributed by atoms with Crippen LogP contribution in [0, 0.1) is 6.92 Å². The summed E-state index contributed by atoms with van der Waals surface area (Å²) in [5, 5.41) is 9.49. The van der Waals surface area contributed by atoms with Gasteiger partial charge in [0.05, 0.1) is 33.7 Å². The molecule has 0 atom stereocenters. The number of anilines is 2. The number of carbonyl (C=O) groups is 2. The first-order chi connectivity index (χ1) is 14.1. The monoisotopic (exact) mass is 437 g/mol. The van der Waals surface area contributed by atoms with Gasteiger partial charge in [0, 0.05) is 18.8 Å². The van der Waals surface area contributed by atoms with E-state index in [-0.39, 0.29) is 22.3 Å². The van der Waals surface area contributed by atoms with Crippen LogP contribution < -0.4 is 10.6 Å². The molecule has 0 fully saturated rings. The molecule has 2 aromatic heterocycles. The minimum absolute atomic E-state index is 0.141. The first kappa shape index (κ1) is 21.3. The molecule has 0 aliphatic carbocycles. The second kappa shape index (κ2) is 8.15. The van der Waals surface area contributed by atoms with Gasteiger partial charge in [-0.1, -0.05) is 11.6 Å². The van der Waals surface area contributed by atoms with Crippen molar-refractivity contribution in [3.63, 3.8) is 0 Å². The van der Waals surface area contributed by atoms with E-state index in [4.69, 9.17) is 11.6 Å². The normalized spacial score (nSPS) is 11.3. The van der Waals surface area contributed by atoms with Crippen LogP contribution in [-0.4, -0.2) is 26.6 Å². The van der Waals surface area contributed by atoms with Crippen LogP contribution in [0.1, 0.15) is 28.5 Å². The molecule has 7 nitrogen and oxygen atoms in total. The van der Waals surface area contributed by atoms with E-state index in [0.29, 0.717) is 23.3 Å². The van der Waals surface area contributed by atoms with Crippen molar-refractivity contribution in [3.8, 4) is 5.82 Å². The number of carbonyl (C=O) groups excluding carboxylic acids is 2. The number of rotatable bonds is 4. The number of hydrogen-bond acceptors (Lipinski definition) is 4. The van der Waals surface area contributed by atoms with E-state index in [1.54, 1.807) is 19.1 Å². The highest BCUT2D eigenvalue weighted by atomic mass is 35.5. The summed E-state index contributed by atoms with van der Waals surface area (Å²) in [4.78, 5) is 27.5. The fraction of sp³-hybridized carbons (Fsp3) is 0.158. The van der Waals surface area contributed by atoms with Crippen molar-refractivity contribution < 1.29 is 22.8 Å². The second-order valence-electron chi connectivity index (χ2n) is 6.29. The van der Waals surface area contributed by atoms with Crippen molar-refractivity contribution in [2.75, 3.05) is 10.6 Å². The predicted octanol–water partition coefficient (Wildman–Crippen LogP) is 4.46. The maximum absolute atomic E-state index is 12.7. The lowest BCUT2D eigenvalue weighted by Crippen LogP contribution is -2.14. The quantitative estimate of drug-likeness (QED) is 0.630. The Morgan fingerprint density at radius 2 is 1.83 bits per heavy atom. The lowest BCUT2D eigenvalue weighted by Gasteiger charge is -2.10. The standard InChI is InChI=1S/C19H15ClF3N5O2/c1-10-14(9-25-28(10)17-6-3-12(8-24-17)19(21,22)23)18(30)27-13-4-5-16(15(20)7-13)26-11(2)29/h3-9H,1-2H3,(H,26,29)(H,27,30). The zero-order valence-corrected chi connectivity index (χ0v) is 16.5. The van der Waals surface area contributed by atoms with Gasteiger partial charge in [0.1, 0.15) is 0 Å². The van der Waals surface area contributed by atoms with E-state index in [9.17, 15) is 22.8 Å². The van der Waals surface area contributed by atoms with Gasteiger partial charge < -0.3 is 10.6 Å². The van der Waals surface area contributed by atoms with Crippen molar-refractivity contribution in [2.45, 2.75) is 20.0 Å². The molecule has 0 saturated carbocycles. The van der Waals surface area contributed by atoms with Crippen LogP contribution in [0.5, 0.6) is 0 Å². The van der Waals surface area contributed by atoms with Gasteiger partial charge in [-0.05, 0) is 37.3 Å². The fourth-order valence-electron chi connectivity index (χ4n) is 2.62. The van der Waals surface area contributed by atoms with Gasteiger partial charge in [0.2, 0.25) is 5.91 Å². The molecule has 0 bridgehead atoms. The fourth-order valence-corrected chi connectivity index (χ4v) is 2.85. The van der Waals surface area contributed by atoms with Crippen molar-refractivity contribution >= 4 is 34.8 Å². The number of halogens is 4. The average Bonchev–Trinajstić information content (AvgIpc) is 3.04. The average molecular weight is 438 g/mol. The lowest BCUT2D eigenvalue weighted by molar-refractivity contribution is -0.137. The van der Waals surface area contributed by atoms with Crippen LogP contribution >= 0.6 is 11.6 Å². The minimum Gasteiger partial charge on any atom is -0.325 e. The number of pyridine rings is 1. The summed E-state index contributed by atoms with van der Waals surface area (Å²) in [6, 6.07) is 6.64. The van der Waals surface area contributed by atoms with Crippen LogP contribution in [0.2, 0.25) is 5.02 Å². The molecule has 3 aromatic rings. The highest BCUT2D eigenvalue weighted by Crippen LogP contribution is 2.29. The highest BCUT2D eigenvalue weighted by molar-refractivity contribution is 6.34. The SMILES string of the molecule is CC(=O)Nc1ccc(NC(=O)c2cnn(-c3ccc(C(F)(F)F)cn3)c2C)cc1Cl. The molecule has 0 radical (unpaired) electrons. The molecule has 2 heterocycles. The third kappa shape index (κ3) is 4.60. The van der Waals surface area contributed by atoms with Gasteiger partial charge in [-0.3, -0.25) is 9.59 Å². The summed E-state index contributed by atoms with van der Waals surface area (Å²) in [5.41, 5.74) is 0.506. The molecule has 0 aliphatic heterocycles. The Hall–Kier alpha value is -3.40. The number of nitrogens with zero attached hydrogens (tertiary/aromatic N) is 3. The van der Waals surface area contributed by atoms with Crippen LogP contribution in [0.25, 0.3) is 5.82 Å². The molecule has 3 rings (SSSR count). The van der Waals surface area contributed by atoms with Crippen LogP contribution in [0.3, 0.4) is 0 Å². The van der Waals surface area contributed by atoms with E-state index in [1.807, 2.05) is 0 Å². The maximum atomic E-state index is 12.7.